The van der Waals surface area contributed by atoms with Crippen molar-refractivity contribution in [3.63, 3.8) is 0 Å². The quantitative estimate of drug-likeness (QED) is 0.894. The maximum Gasteiger partial charge on any atom is 0.410 e. The molecule has 0 saturated heterocycles. The predicted octanol–water partition coefficient (Wildman–Crippen LogP) is 2.70. The van der Waals surface area contributed by atoms with Crippen molar-refractivity contribution in [2.75, 3.05) is 5.32 Å². The monoisotopic (exact) mass is 316 g/mol. The van der Waals surface area contributed by atoms with Crippen LogP contribution in [0.4, 0.5) is 19.0 Å². The molecule has 1 aliphatic rings. The van der Waals surface area contributed by atoms with E-state index in [0.29, 0.717) is 0 Å². The summed E-state index contributed by atoms with van der Waals surface area (Å²) >= 11 is 1.36. The number of amides is 1. The third-order valence-electron chi connectivity index (χ3n) is 3.39. The second kappa shape index (κ2) is 4.76. The Balaban J connectivity index is 2.07. The summed E-state index contributed by atoms with van der Waals surface area (Å²) in [4.78, 5) is 12.1. The zero-order valence-corrected chi connectivity index (χ0v) is 11.4. The Morgan fingerprint density at radius 2 is 2.29 bits per heavy atom. The summed E-state index contributed by atoms with van der Waals surface area (Å²) in [5.74, 6) is -0.786. The van der Waals surface area contributed by atoms with E-state index < -0.39 is 24.2 Å². The fourth-order valence-corrected chi connectivity index (χ4v) is 3.21. The highest BCUT2D eigenvalue weighted by molar-refractivity contribution is 7.10. The number of nitrogens with two attached hydrogens (primary N) is 1. The summed E-state index contributed by atoms with van der Waals surface area (Å²) < 4.78 is 40.5. The van der Waals surface area contributed by atoms with Crippen molar-refractivity contribution in [1.29, 1.82) is 0 Å². The van der Waals surface area contributed by atoms with Gasteiger partial charge >= 0.3 is 6.18 Å². The number of carbonyl (C=O) groups is 1. The van der Waals surface area contributed by atoms with E-state index in [1.54, 1.807) is 17.5 Å². The smallest absolute Gasteiger partial charge is 0.365 e. The molecule has 2 aromatic rings. The van der Waals surface area contributed by atoms with Gasteiger partial charge in [-0.25, -0.2) is 4.68 Å². The molecule has 0 bridgehead atoms. The number of nitrogens with one attached hydrogen (secondary N) is 1. The first-order chi connectivity index (χ1) is 9.88. The second-order valence-electron chi connectivity index (χ2n) is 4.72. The molecule has 2 aromatic heterocycles. The van der Waals surface area contributed by atoms with Gasteiger partial charge in [0.1, 0.15) is 11.4 Å². The topological polar surface area (TPSA) is 72.9 Å². The molecule has 0 spiro atoms. The molecule has 3 heterocycles. The lowest BCUT2D eigenvalue weighted by atomic mass is 10.0. The Bertz CT molecular complexity index is 665. The number of rotatable bonds is 2. The minimum Gasteiger partial charge on any atom is -0.365 e. The number of anilines is 1. The first-order valence-corrected chi connectivity index (χ1v) is 7.00. The number of hydrogen-bond donors (Lipinski definition) is 2. The molecule has 1 aliphatic heterocycles. The van der Waals surface area contributed by atoms with Gasteiger partial charge < -0.3 is 11.1 Å². The van der Waals surface area contributed by atoms with Crippen molar-refractivity contribution < 1.29 is 18.0 Å². The van der Waals surface area contributed by atoms with Crippen LogP contribution in [0.25, 0.3) is 0 Å². The number of primary amides is 1. The Hall–Kier alpha value is -2.03. The molecule has 0 fully saturated rings. The van der Waals surface area contributed by atoms with Crippen molar-refractivity contribution in [1.82, 2.24) is 9.78 Å². The van der Waals surface area contributed by atoms with E-state index in [0.717, 1.165) is 15.8 Å². The van der Waals surface area contributed by atoms with Gasteiger partial charge in [0, 0.05) is 11.3 Å². The van der Waals surface area contributed by atoms with E-state index >= 15 is 0 Å². The largest absolute Gasteiger partial charge is 0.410 e. The molecule has 0 radical (unpaired) electrons. The van der Waals surface area contributed by atoms with Crippen LogP contribution in [0, 0.1) is 0 Å². The van der Waals surface area contributed by atoms with Gasteiger partial charge in [-0.2, -0.15) is 18.3 Å². The molecule has 0 saturated carbocycles. The van der Waals surface area contributed by atoms with Crippen molar-refractivity contribution in [2.24, 2.45) is 5.73 Å². The molecule has 112 valence electrons. The highest BCUT2D eigenvalue weighted by Gasteiger charge is 2.47. The highest BCUT2D eigenvalue weighted by atomic mass is 32.1. The van der Waals surface area contributed by atoms with Crippen LogP contribution in [0.3, 0.4) is 0 Å². The van der Waals surface area contributed by atoms with Crippen LogP contribution in [0.15, 0.2) is 23.7 Å². The van der Waals surface area contributed by atoms with Crippen molar-refractivity contribution >= 4 is 23.1 Å². The summed E-state index contributed by atoms with van der Waals surface area (Å²) in [5.41, 5.74) is 5.15. The van der Waals surface area contributed by atoms with E-state index in [2.05, 4.69) is 10.4 Å². The maximum absolute atomic E-state index is 13.2. The van der Waals surface area contributed by atoms with Crippen LogP contribution < -0.4 is 11.1 Å². The van der Waals surface area contributed by atoms with Crippen LogP contribution in [0.1, 0.15) is 33.7 Å². The molecule has 2 atom stereocenters. The number of alkyl halides is 3. The lowest BCUT2D eigenvalue weighted by Gasteiger charge is -2.33. The first-order valence-electron chi connectivity index (χ1n) is 6.12. The van der Waals surface area contributed by atoms with Crippen molar-refractivity contribution in [3.05, 3.63) is 34.2 Å². The Morgan fingerprint density at radius 3 is 2.86 bits per heavy atom. The van der Waals surface area contributed by atoms with Gasteiger partial charge in [-0.3, -0.25) is 4.79 Å². The Morgan fingerprint density at radius 1 is 1.52 bits per heavy atom. The van der Waals surface area contributed by atoms with E-state index in [1.807, 2.05) is 0 Å². The third-order valence-corrected chi connectivity index (χ3v) is 4.38. The van der Waals surface area contributed by atoms with Gasteiger partial charge in [0.05, 0.1) is 12.2 Å². The molecule has 0 unspecified atom stereocenters. The molecule has 3 rings (SSSR count). The van der Waals surface area contributed by atoms with Crippen molar-refractivity contribution in [3.8, 4) is 0 Å². The van der Waals surface area contributed by atoms with Crippen LogP contribution in [0.2, 0.25) is 0 Å². The summed E-state index contributed by atoms with van der Waals surface area (Å²) in [6.07, 6.45) is -3.57. The fourth-order valence-electron chi connectivity index (χ4n) is 2.42. The lowest BCUT2D eigenvalue weighted by Crippen LogP contribution is -2.36. The molecule has 0 aromatic carbocycles. The fraction of sp³-hybridized carbons (Fsp3) is 0.333. The zero-order chi connectivity index (χ0) is 15.2. The maximum atomic E-state index is 13.2. The molecule has 0 aliphatic carbocycles. The van der Waals surface area contributed by atoms with E-state index in [1.165, 1.54) is 11.3 Å². The van der Waals surface area contributed by atoms with Gasteiger partial charge in [0.25, 0.3) is 5.91 Å². The summed E-state index contributed by atoms with van der Waals surface area (Å²) in [5, 5.41) is 8.41. The van der Waals surface area contributed by atoms with Crippen molar-refractivity contribution in [2.45, 2.75) is 24.7 Å². The van der Waals surface area contributed by atoms with E-state index in [-0.39, 0.29) is 17.8 Å². The molecular weight excluding hydrogens is 305 g/mol. The Labute approximate surface area is 121 Å². The van der Waals surface area contributed by atoms with Crippen LogP contribution in [-0.2, 0) is 0 Å². The Kier molecular flexibility index (Phi) is 3.16. The molecule has 5 nitrogen and oxygen atoms in total. The minimum absolute atomic E-state index is 0.0227. The molecule has 21 heavy (non-hydrogen) atoms. The first kappa shape index (κ1) is 13.9. The summed E-state index contributed by atoms with van der Waals surface area (Å²) in [7, 11) is 0. The van der Waals surface area contributed by atoms with E-state index in [4.69, 9.17) is 5.73 Å². The SMILES string of the molecule is NC(=O)c1cnn2c1N[C@H](c1cccs1)C[C@H]2C(F)(F)F. The number of halogens is 3. The lowest BCUT2D eigenvalue weighted by molar-refractivity contribution is -0.173. The number of hydrogen-bond acceptors (Lipinski definition) is 4. The van der Waals surface area contributed by atoms with Crippen LogP contribution >= 0.6 is 11.3 Å². The van der Waals surface area contributed by atoms with E-state index in [9.17, 15) is 18.0 Å². The molecule has 1 amide bonds. The molecule has 9 heteroatoms. The highest BCUT2D eigenvalue weighted by Crippen LogP contribution is 2.44. The number of fused-ring (bicyclic) bond motifs is 1. The second-order valence-corrected chi connectivity index (χ2v) is 5.70. The van der Waals surface area contributed by atoms with Gasteiger partial charge in [0.2, 0.25) is 0 Å². The zero-order valence-electron chi connectivity index (χ0n) is 10.6. The predicted molar refractivity (Wildman–Crippen MR) is 71.1 cm³/mol. The summed E-state index contributed by atoms with van der Waals surface area (Å²) in [6.45, 7) is 0. The van der Waals surface area contributed by atoms with Gasteiger partial charge in [-0.1, -0.05) is 6.07 Å². The number of nitrogens with zero attached hydrogens (tertiary/aromatic N) is 2. The van der Waals surface area contributed by atoms with Crippen LogP contribution in [0.5, 0.6) is 0 Å². The number of aromatic nitrogens is 2. The third kappa shape index (κ3) is 2.37. The van der Waals surface area contributed by atoms with Gasteiger partial charge in [-0.15, -0.1) is 11.3 Å². The molecule has 3 N–H and O–H groups in total. The number of thiophene rings is 1. The van der Waals surface area contributed by atoms with Gasteiger partial charge in [0.15, 0.2) is 6.04 Å². The number of carbonyl (C=O) groups excluding carboxylic acids is 1. The summed E-state index contributed by atoms with van der Waals surface area (Å²) in [6, 6.07) is 1.21. The minimum atomic E-state index is -4.45. The van der Waals surface area contributed by atoms with Crippen LogP contribution in [-0.4, -0.2) is 21.9 Å². The van der Waals surface area contributed by atoms with Gasteiger partial charge in [-0.05, 0) is 11.4 Å². The average molecular weight is 316 g/mol. The normalized spacial score (nSPS) is 21.7. The standard InChI is InChI=1S/C12H11F3N4OS/c13-12(14,15)9-4-7(8-2-1-3-21-8)18-11-6(10(16)20)5-17-19(9)11/h1-3,5,7,9,18H,4H2,(H2,16,20)/t7-,9-/m0/s1. The molecular formula is C12H11F3N4OS. The average Bonchev–Trinajstić information content (AvgIpc) is 3.05.